The number of hydrogen-bond acceptors (Lipinski definition) is 3. The number of benzene rings is 1. The second-order valence-electron chi connectivity index (χ2n) is 3.21. The van der Waals surface area contributed by atoms with Crippen molar-refractivity contribution in [2.24, 2.45) is 0 Å². The van der Waals surface area contributed by atoms with Crippen molar-refractivity contribution in [1.29, 1.82) is 0 Å². The molecule has 92 valence electrons. The molecular weight excluding hydrogens is 399 g/mol. The molecule has 0 heterocycles. The smallest absolute Gasteiger partial charge is 0.337 e. The third-order valence-electron chi connectivity index (χ3n) is 2.12. The Morgan fingerprint density at radius 3 is 2.76 bits per heavy atom. The number of hydrogen-bond donors (Lipinski definition) is 1. The molecule has 0 saturated carbocycles. The molecule has 0 bridgehead atoms. The summed E-state index contributed by atoms with van der Waals surface area (Å²) in [4.78, 5) is 11.6. The molecule has 3 nitrogen and oxygen atoms in total. The summed E-state index contributed by atoms with van der Waals surface area (Å²) in [5, 5.41) is 10.2. The molecule has 5 heteroatoms. The van der Waals surface area contributed by atoms with Crippen molar-refractivity contribution < 1.29 is 14.6 Å². The summed E-state index contributed by atoms with van der Waals surface area (Å²) in [5.74, 6) is -0.495. The molecule has 1 aromatic rings. The zero-order chi connectivity index (χ0) is 12.8. The lowest BCUT2D eigenvalue weighted by atomic mass is 10.0. The van der Waals surface area contributed by atoms with Crippen LogP contribution in [0.5, 0.6) is 0 Å². The Balaban J connectivity index is 2.99. The molecule has 17 heavy (non-hydrogen) atoms. The van der Waals surface area contributed by atoms with Crippen LogP contribution in [0.1, 0.15) is 18.6 Å². The molecule has 0 fully saturated rings. The molecule has 1 atom stereocenters. The summed E-state index contributed by atoms with van der Waals surface area (Å²) >= 11 is 5.26. The van der Waals surface area contributed by atoms with E-state index in [4.69, 9.17) is 4.74 Å². The van der Waals surface area contributed by atoms with Gasteiger partial charge < -0.3 is 9.84 Å². The van der Waals surface area contributed by atoms with Gasteiger partial charge in [-0.15, -0.1) is 0 Å². The number of halogens is 2. The van der Waals surface area contributed by atoms with Crippen molar-refractivity contribution in [2.45, 2.75) is 13.0 Å². The standard InChI is InChI=1S/C12H12BrIO3/c1-2-17-12(16)9(7-14)11(15)8-5-3-4-6-10(8)13/h3-7,11,15H,2H2,1H3/b9-7-/t11-/m1/s1. The Morgan fingerprint density at radius 2 is 2.24 bits per heavy atom. The molecule has 0 radical (unpaired) electrons. The molecule has 1 aromatic carbocycles. The van der Waals surface area contributed by atoms with Gasteiger partial charge in [0.25, 0.3) is 0 Å². The van der Waals surface area contributed by atoms with E-state index in [1.165, 1.54) is 0 Å². The number of ether oxygens (including phenoxy) is 1. The molecule has 0 aliphatic heterocycles. The van der Waals surface area contributed by atoms with E-state index < -0.39 is 12.1 Å². The van der Waals surface area contributed by atoms with Crippen molar-refractivity contribution in [2.75, 3.05) is 6.61 Å². The summed E-state index contributed by atoms with van der Waals surface area (Å²) in [7, 11) is 0. The zero-order valence-corrected chi connectivity index (χ0v) is 12.9. The number of carbonyl (C=O) groups is 1. The minimum Gasteiger partial charge on any atom is -0.463 e. The van der Waals surface area contributed by atoms with Crippen LogP contribution in [0, 0.1) is 0 Å². The van der Waals surface area contributed by atoms with E-state index in [0.717, 1.165) is 4.47 Å². The van der Waals surface area contributed by atoms with Gasteiger partial charge in [-0.25, -0.2) is 4.79 Å². The van der Waals surface area contributed by atoms with Crippen LogP contribution in [0.25, 0.3) is 0 Å². The number of esters is 1. The number of aliphatic hydroxyl groups is 1. The van der Waals surface area contributed by atoms with Gasteiger partial charge in [-0.3, -0.25) is 0 Å². The van der Waals surface area contributed by atoms with Crippen LogP contribution in [0.15, 0.2) is 38.4 Å². The van der Waals surface area contributed by atoms with Crippen LogP contribution in [-0.2, 0) is 9.53 Å². The Hall–Kier alpha value is -0.400. The first kappa shape index (κ1) is 14.7. The third kappa shape index (κ3) is 3.79. The lowest BCUT2D eigenvalue weighted by Crippen LogP contribution is -2.14. The maximum atomic E-state index is 11.6. The van der Waals surface area contributed by atoms with Crippen LogP contribution in [-0.4, -0.2) is 17.7 Å². The number of aliphatic hydroxyl groups excluding tert-OH is 1. The molecule has 0 unspecified atom stereocenters. The molecule has 0 aliphatic carbocycles. The van der Waals surface area contributed by atoms with Crippen molar-refractivity contribution in [1.82, 2.24) is 0 Å². The van der Waals surface area contributed by atoms with Gasteiger partial charge in [-0.1, -0.05) is 56.7 Å². The topological polar surface area (TPSA) is 46.5 Å². The first-order valence-electron chi connectivity index (χ1n) is 5.01. The SMILES string of the molecule is CCOC(=O)/C(=C\I)[C@H](O)c1ccccc1Br. The zero-order valence-electron chi connectivity index (χ0n) is 9.19. The third-order valence-corrected chi connectivity index (χ3v) is 3.52. The van der Waals surface area contributed by atoms with Crippen LogP contribution < -0.4 is 0 Å². The monoisotopic (exact) mass is 410 g/mol. The Bertz CT molecular complexity index is 432. The largest absolute Gasteiger partial charge is 0.463 e. The molecule has 0 spiro atoms. The average Bonchev–Trinajstić information content (AvgIpc) is 2.30. The minimum atomic E-state index is -0.985. The first-order chi connectivity index (χ1) is 8.11. The Labute approximate surface area is 122 Å². The van der Waals surface area contributed by atoms with Crippen LogP contribution in [0.3, 0.4) is 0 Å². The number of carbonyl (C=O) groups excluding carboxylic acids is 1. The Kier molecular flexibility index (Phi) is 6.15. The first-order valence-corrected chi connectivity index (χ1v) is 7.05. The Morgan fingerprint density at radius 1 is 1.59 bits per heavy atom. The van der Waals surface area contributed by atoms with E-state index in [9.17, 15) is 9.90 Å². The van der Waals surface area contributed by atoms with E-state index in [2.05, 4.69) is 15.9 Å². The lowest BCUT2D eigenvalue weighted by Gasteiger charge is -2.14. The fraction of sp³-hybridized carbons (Fsp3) is 0.250. The van der Waals surface area contributed by atoms with Gasteiger partial charge in [0, 0.05) is 4.47 Å². The molecule has 1 N–H and O–H groups in total. The summed E-state index contributed by atoms with van der Waals surface area (Å²) < 4.78 is 7.19. The second-order valence-corrected chi connectivity index (χ2v) is 4.69. The van der Waals surface area contributed by atoms with Crippen molar-refractivity contribution in [3.05, 3.63) is 44.0 Å². The van der Waals surface area contributed by atoms with Gasteiger partial charge in [0.15, 0.2) is 0 Å². The van der Waals surface area contributed by atoms with Crippen molar-refractivity contribution in [3.8, 4) is 0 Å². The normalized spacial score (nSPS) is 13.3. The van der Waals surface area contributed by atoms with Gasteiger partial charge in [0.1, 0.15) is 6.10 Å². The van der Waals surface area contributed by atoms with Crippen LogP contribution in [0.2, 0.25) is 0 Å². The van der Waals surface area contributed by atoms with Crippen LogP contribution >= 0.6 is 38.5 Å². The van der Waals surface area contributed by atoms with Gasteiger partial charge in [-0.05, 0) is 22.6 Å². The molecule has 0 aliphatic rings. The maximum absolute atomic E-state index is 11.6. The van der Waals surface area contributed by atoms with Crippen molar-refractivity contribution >= 4 is 44.5 Å². The molecule has 0 amide bonds. The quantitative estimate of drug-likeness (QED) is 0.470. The average molecular weight is 411 g/mol. The summed E-state index contributed by atoms with van der Waals surface area (Å²) in [6.07, 6.45) is -0.985. The minimum absolute atomic E-state index is 0.236. The highest BCUT2D eigenvalue weighted by molar-refractivity contribution is 14.1. The fourth-order valence-electron chi connectivity index (χ4n) is 1.29. The summed E-state index contributed by atoms with van der Waals surface area (Å²) in [5.41, 5.74) is 0.878. The van der Waals surface area contributed by atoms with Gasteiger partial charge in [0.05, 0.1) is 12.2 Å². The highest BCUT2D eigenvalue weighted by Crippen LogP contribution is 2.29. The van der Waals surface area contributed by atoms with E-state index in [1.807, 2.05) is 34.7 Å². The highest BCUT2D eigenvalue weighted by atomic mass is 127. The number of rotatable bonds is 4. The summed E-state index contributed by atoms with van der Waals surface area (Å²) in [6, 6.07) is 7.22. The van der Waals surface area contributed by atoms with Crippen LogP contribution in [0.4, 0.5) is 0 Å². The molecule has 0 aromatic heterocycles. The maximum Gasteiger partial charge on any atom is 0.337 e. The van der Waals surface area contributed by atoms with E-state index in [-0.39, 0.29) is 12.2 Å². The summed E-state index contributed by atoms with van der Waals surface area (Å²) in [6.45, 7) is 2.02. The molecule has 1 rings (SSSR count). The predicted molar refractivity (Wildman–Crippen MR) is 77.8 cm³/mol. The van der Waals surface area contributed by atoms with Gasteiger partial charge >= 0.3 is 5.97 Å². The van der Waals surface area contributed by atoms with E-state index in [0.29, 0.717) is 5.56 Å². The highest BCUT2D eigenvalue weighted by Gasteiger charge is 2.22. The lowest BCUT2D eigenvalue weighted by molar-refractivity contribution is -0.139. The van der Waals surface area contributed by atoms with E-state index >= 15 is 0 Å². The molecular formula is C12H12BrIO3. The van der Waals surface area contributed by atoms with E-state index in [1.54, 1.807) is 23.1 Å². The fourth-order valence-corrected chi connectivity index (χ4v) is 2.39. The second kappa shape index (κ2) is 7.13. The predicted octanol–water partition coefficient (Wildman–Crippen LogP) is 3.36. The van der Waals surface area contributed by atoms with Gasteiger partial charge in [0.2, 0.25) is 0 Å². The molecule has 0 saturated heterocycles. The van der Waals surface area contributed by atoms with Crippen molar-refractivity contribution in [3.63, 3.8) is 0 Å². The van der Waals surface area contributed by atoms with Gasteiger partial charge in [-0.2, -0.15) is 0 Å².